The van der Waals surface area contributed by atoms with Gasteiger partial charge in [0.25, 0.3) is 5.84 Å². The van der Waals surface area contributed by atoms with Crippen molar-refractivity contribution in [1.29, 1.82) is 10.5 Å². The molecule has 5 atom stereocenters. The second-order valence-electron chi connectivity index (χ2n) is 6.22. The van der Waals surface area contributed by atoms with Crippen molar-refractivity contribution >= 4 is 17.4 Å². The zero-order valence-electron chi connectivity index (χ0n) is 12.3. The lowest BCUT2D eigenvalue weighted by molar-refractivity contribution is -0.677. The Labute approximate surface area is 138 Å². The van der Waals surface area contributed by atoms with Gasteiger partial charge in [-0.2, -0.15) is 10.5 Å². The maximum absolute atomic E-state index is 9.99. The lowest BCUT2D eigenvalue weighted by Crippen LogP contribution is -2.90. The van der Waals surface area contributed by atoms with E-state index < -0.39 is 22.7 Å². The van der Waals surface area contributed by atoms with Gasteiger partial charge < -0.3 is 9.47 Å². The van der Waals surface area contributed by atoms with E-state index >= 15 is 0 Å². The molecule has 2 aliphatic heterocycles. The van der Waals surface area contributed by atoms with Gasteiger partial charge in [0, 0.05) is 10.9 Å². The van der Waals surface area contributed by atoms with E-state index in [2.05, 4.69) is 17.1 Å². The summed E-state index contributed by atoms with van der Waals surface area (Å²) in [7, 11) is 0. The summed E-state index contributed by atoms with van der Waals surface area (Å²) >= 11 is 6.08. The molecule has 0 aromatic heterocycles. The molecule has 1 aliphatic carbocycles. The van der Waals surface area contributed by atoms with Crippen LogP contribution in [-0.2, 0) is 9.47 Å². The predicted molar refractivity (Wildman–Crippen MR) is 79.7 cm³/mol. The minimum atomic E-state index is -1.39. The maximum Gasteiger partial charge on any atom is 0.343 e. The Morgan fingerprint density at radius 1 is 1.39 bits per heavy atom. The Morgan fingerprint density at radius 3 is 2.74 bits per heavy atom. The summed E-state index contributed by atoms with van der Waals surface area (Å²) in [5.74, 6) is -1.65. The molecule has 0 amide bonds. The zero-order valence-corrected chi connectivity index (χ0v) is 13.1. The molecule has 2 heterocycles. The van der Waals surface area contributed by atoms with Crippen molar-refractivity contribution in [3.8, 4) is 12.1 Å². The van der Waals surface area contributed by atoms with Crippen LogP contribution in [0, 0.1) is 33.5 Å². The van der Waals surface area contributed by atoms with Crippen LogP contribution in [0.3, 0.4) is 0 Å². The lowest BCUT2D eigenvalue weighted by atomic mass is 9.94. The van der Waals surface area contributed by atoms with Crippen molar-refractivity contribution in [3.63, 3.8) is 0 Å². The Morgan fingerprint density at radius 2 is 2.17 bits per heavy atom. The van der Waals surface area contributed by atoms with Crippen molar-refractivity contribution in [2.24, 2.45) is 16.6 Å². The number of amidine groups is 1. The average molecular weight is 330 g/mol. The number of nitriles is 2. The molecule has 116 valence electrons. The Balaban J connectivity index is 1.93. The van der Waals surface area contributed by atoms with E-state index in [1.165, 1.54) is 0 Å². The highest BCUT2D eigenvalue weighted by molar-refractivity contribution is 6.30. The van der Waals surface area contributed by atoms with Crippen molar-refractivity contribution in [1.82, 2.24) is 0 Å². The number of rotatable bonds is 1. The van der Waals surface area contributed by atoms with Crippen LogP contribution >= 0.6 is 11.6 Å². The van der Waals surface area contributed by atoms with Gasteiger partial charge in [0.2, 0.25) is 0 Å². The molecule has 0 bridgehead atoms. The Kier molecular flexibility index (Phi) is 2.67. The molecule has 0 unspecified atom stereocenters. The van der Waals surface area contributed by atoms with Gasteiger partial charge in [-0.1, -0.05) is 23.7 Å². The molecule has 3 aliphatic rings. The maximum atomic E-state index is 9.99. The molecule has 3 N–H and O–H groups in total. The molecular formula is C16H14ClN4O2+. The monoisotopic (exact) mass is 329 g/mol. The first kappa shape index (κ1) is 14.5. The van der Waals surface area contributed by atoms with Gasteiger partial charge in [-0.3, -0.25) is 5.73 Å². The van der Waals surface area contributed by atoms with E-state index in [4.69, 9.17) is 26.8 Å². The summed E-state index contributed by atoms with van der Waals surface area (Å²) in [6.45, 7) is 2.17. The fraction of sp³-hybridized carbons (Fsp3) is 0.438. The van der Waals surface area contributed by atoms with Gasteiger partial charge in [0.05, 0.1) is 24.8 Å². The average Bonchev–Trinajstić information content (AvgIpc) is 2.93. The summed E-state index contributed by atoms with van der Waals surface area (Å²) in [6.07, 6.45) is -0.198. The molecule has 7 heteroatoms. The number of fused-ring (bicyclic) bond motifs is 2. The fourth-order valence-electron chi connectivity index (χ4n) is 4.15. The van der Waals surface area contributed by atoms with Crippen molar-refractivity contribution in [2.75, 3.05) is 6.61 Å². The van der Waals surface area contributed by atoms with Gasteiger partial charge in [0.15, 0.2) is 10.8 Å². The van der Waals surface area contributed by atoms with E-state index in [0.717, 1.165) is 5.56 Å². The molecule has 6 nitrogen and oxygen atoms in total. The van der Waals surface area contributed by atoms with E-state index in [1.807, 2.05) is 13.0 Å². The normalized spacial score (nSPS) is 43.6. The number of benzene rings is 1. The molecule has 23 heavy (non-hydrogen) atoms. The largest absolute Gasteiger partial charge is 0.343 e. The summed E-state index contributed by atoms with van der Waals surface area (Å²) in [5, 5.41) is 20.4. The lowest BCUT2D eigenvalue weighted by Gasteiger charge is -2.24. The third-order valence-corrected chi connectivity index (χ3v) is 5.31. The number of nitrogens with zero attached hydrogens (tertiary/aromatic N) is 2. The third-order valence-electron chi connectivity index (χ3n) is 5.07. The first-order valence-corrected chi connectivity index (χ1v) is 7.66. The molecule has 1 saturated heterocycles. The summed E-state index contributed by atoms with van der Waals surface area (Å²) < 4.78 is 11.7. The van der Waals surface area contributed by atoms with Crippen LogP contribution in [0.15, 0.2) is 24.3 Å². The predicted octanol–water partition coefficient (Wildman–Crippen LogP) is -0.00234. The highest BCUT2D eigenvalue weighted by Gasteiger charge is 2.97. The molecule has 1 spiro atoms. The Bertz CT molecular complexity index is 828. The summed E-state index contributed by atoms with van der Waals surface area (Å²) in [6, 6.07) is 11.6. The first-order valence-electron chi connectivity index (χ1n) is 7.28. The second kappa shape index (κ2) is 4.24. The highest BCUT2D eigenvalue weighted by atomic mass is 35.5. The minimum Gasteiger partial charge on any atom is -0.311 e. The number of ether oxygens (including phenoxy) is 2. The fourth-order valence-corrected chi connectivity index (χ4v) is 4.35. The third kappa shape index (κ3) is 1.38. The van der Waals surface area contributed by atoms with Gasteiger partial charge in [-0.15, -0.1) is 0 Å². The SMILES string of the molecule is C[C@@H]1CO[C@]2([NH+]=C(N)[C@@]3(C#N)[C@@H](c4cccc(Cl)c4)[C@@]23C#N)O1. The summed E-state index contributed by atoms with van der Waals surface area (Å²) in [4.78, 5) is 2.93. The quantitative estimate of drug-likeness (QED) is 0.754. The van der Waals surface area contributed by atoms with Gasteiger partial charge in [0.1, 0.15) is 0 Å². The number of nitrogens with one attached hydrogen (secondary N) is 1. The molecule has 2 fully saturated rings. The van der Waals surface area contributed by atoms with Crippen LogP contribution in [0.1, 0.15) is 18.4 Å². The summed E-state index contributed by atoms with van der Waals surface area (Å²) in [5.41, 5.74) is 4.47. The molecule has 1 aromatic carbocycles. The van der Waals surface area contributed by atoms with E-state index in [-0.39, 0.29) is 11.9 Å². The van der Waals surface area contributed by atoms with Crippen molar-refractivity contribution in [2.45, 2.75) is 24.9 Å². The molecular weight excluding hydrogens is 316 g/mol. The standard InChI is InChI=1S/C16H13ClN4O2/c1-9-6-22-16(23-9)15(8-19)12(10-3-2-4-11(17)5-10)14(15,7-18)13(20)21-16/h2-5,9,12H,6H2,1H3,(H2,20,21)/p+1/t9-,12-,14-,15-,16+/m1/s1. The van der Waals surface area contributed by atoms with Crippen LogP contribution in [0.25, 0.3) is 0 Å². The van der Waals surface area contributed by atoms with Crippen LogP contribution in [-0.4, -0.2) is 24.5 Å². The smallest absolute Gasteiger partial charge is 0.311 e. The van der Waals surface area contributed by atoms with Crippen molar-refractivity contribution in [3.05, 3.63) is 34.9 Å². The number of hydrogen-bond acceptors (Lipinski definition) is 5. The molecule has 4 rings (SSSR count). The molecule has 0 radical (unpaired) electrons. The highest BCUT2D eigenvalue weighted by Crippen LogP contribution is 2.79. The van der Waals surface area contributed by atoms with Crippen LogP contribution in [0.4, 0.5) is 0 Å². The van der Waals surface area contributed by atoms with E-state index in [1.54, 1.807) is 18.2 Å². The van der Waals surface area contributed by atoms with Crippen LogP contribution in [0.2, 0.25) is 5.02 Å². The van der Waals surface area contributed by atoms with E-state index in [9.17, 15) is 10.5 Å². The second-order valence-corrected chi connectivity index (χ2v) is 6.66. The zero-order chi connectivity index (χ0) is 16.5. The van der Waals surface area contributed by atoms with Crippen molar-refractivity contribution < 1.29 is 14.5 Å². The number of hydrogen-bond donors (Lipinski definition) is 2. The molecule has 1 saturated carbocycles. The van der Waals surface area contributed by atoms with Gasteiger partial charge in [-0.25, -0.2) is 4.99 Å². The van der Waals surface area contributed by atoms with E-state index in [0.29, 0.717) is 11.6 Å². The van der Waals surface area contributed by atoms with Gasteiger partial charge in [-0.05, 0) is 24.6 Å². The first-order chi connectivity index (χ1) is 11.0. The van der Waals surface area contributed by atoms with Crippen LogP contribution < -0.4 is 10.7 Å². The minimum absolute atomic E-state index is 0.198. The Hall–Kier alpha value is -2.12. The molecule has 1 aromatic rings. The van der Waals surface area contributed by atoms with Crippen LogP contribution in [0.5, 0.6) is 0 Å². The van der Waals surface area contributed by atoms with Gasteiger partial charge >= 0.3 is 5.91 Å². The number of nitrogens with two attached hydrogens (primary N) is 1. The number of halogens is 1. The topological polar surface area (TPSA) is 106 Å².